The smallest absolute Gasteiger partial charge is 0.258 e. The number of nitrogens with one attached hydrogen (secondary N) is 1. The summed E-state index contributed by atoms with van der Waals surface area (Å²) in [6.07, 6.45) is 4.48. The number of hydrogen-bond acceptors (Lipinski definition) is 5. The minimum absolute atomic E-state index is 0.000138. The first-order valence-corrected chi connectivity index (χ1v) is 7.22. The maximum absolute atomic E-state index is 12.0. The van der Waals surface area contributed by atoms with Crippen LogP contribution in [-0.4, -0.2) is 50.0 Å². The summed E-state index contributed by atoms with van der Waals surface area (Å²) in [6.45, 7) is 1.38. The van der Waals surface area contributed by atoms with Gasteiger partial charge in [0.2, 0.25) is 0 Å². The van der Waals surface area contributed by atoms with Gasteiger partial charge in [-0.15, -0.1) is 0 Å². The van der Waals surface area contributed by atoms with Crippen molar-refractivity contribution in [2.45, 2.75) is 18.6 Å². The number of hydrogen-bond donors (Lipinski definition) is 1. The molecule has 0 unspecified atom stereocenters. The SMILES string of the molecule is COC[C@H]1[C@@H](NC(=O)COc2cccnc2)[C@@H]2CCO[C@@H]21. The van der Waals surface area contributed by atoms with E-state index in [1.807, 2.05) is 0 Å². The number of aromatic nitrogens is 1. The summed E-state index contributed by atoms with van der Waals surface area (Å²) in [4.78, 5) is 16.0. The van der Waals surface area contributed by atoms with E-state index in [0.29, 0.717) is 18.3 Å². The van der Waals surface area contributed by atoms with Gasteiger partial charge in [-0.3, -0.25) is 9.78 Å². The van der Waals surface area contributed by atoms with E-state index in [1.54, 1.807) is 31.6 Å². The van der Waals surface area contributed by atoms with Crippen LogP contribution in [0.3, 0.4) is 0 Å². The monoisotopic (exact) mass is 292 g/mol. The van der Waals surface area contributed by atoms with Crippen LogP contribution in [0.2, 0.25) is 0 Å². The Morgan fingerprint density at radius 1 is 1.57 bits per heavy atom. The van der Waals surface area contributed by atoms with Crippen molar-refractivity contribution in [3.8, 4) is 5.75 Å². The van der Waals surface area contributed by atoms with E-state index in [-0.39, 0.29) is 30.6 Å². The molecular formula is C15H20N2O4. The minimum atomic E-state index is -0.115. The number of methoxy groups -OCH3 is 1. The molecule has 0 bridgehead atoms. The Kier molecular flexibility index (Phi) is 4.36. The molecule has 2 fully saturated rings. The maximum atomic E-state index is 12.0. The van der Waals surface area contributed by atoms with Gasteiger partial charge in [0.25, 0.3) is 5.91 Å². The molecule has 1 amide bonds. The molecule has 1 saturated carbocycles. The van der Waals surface area contributed by atoms with Crippen LogP contribution in [0.25, 0.3) is 0 Å². The fourth-order valence-corrected chi connectivity index (χ4v) is 3.24. The summed E-state index contributed by atoms with van der Waals surface area (Å²) in [5, 5.41) is 3.05. The number of carbonyl (C=O) groups is 1. The Morgan fingerprint density at radius 3 is 3.24 bits per heavy atom. The van der Waals surface area contributed by atoms with Crippen molar-refractivity contribution in [2.24, 2.45) is 11.8 Å². The van der Waals surface area contributed by atoms with E-state index < -0.39 is 0 Å². The maximum Gasteiger partial charge on any atom is 0.258 e. The molecule has 1 aliphatic heterocycles. The molecule has 1 aromatic rings. The summed E-state index contributed by atoms with van der Waals surface area (Å²) >= 11 is 0. The lowest BCUT2D eigenvalue weighted by atomic mass is 9.67. The summed E-state index contributed by atoms with van der Waals surface area (Å²) in [6, 6.07) is 3.68. The van der Waals surface area contributed by atoms with Crippen LogP contribution in [0.1, 0.15) is 6.42 Å². The molecule has 1 N–H and O–H groups in total. The van der Waals surface area contributed by atoms with E-state index >= 15 is 0 Å². The van der Waals surface area contributed by atoms with E-state index in [4.69, 9.17) is 14.2 Å². The number of carbonyl (C=O) groups excluding carboxylic acids is 1. The molecular weight excluding hydrogens is 272 g/mol. The van der Waals surface area contributed by atoms with Crippen LogP contribution in [0.4, 0.5) is 0 Å². The zero-order valence-corrected chi connectivity index (χ0v) is 12.0. The molecule has 0 aromatic carbocycles. The number of ether oxygens (including phenoxy) is 3. The van der Waals surface area contributed by atoms with Crippen molar-refractivity contribution in [3.05, 3.63) is 24.5 Å². The highest BCUT2D eigenvalue weighted by Gasteiger charge is 2.54. The number of fused-ring (bicyclic) bond motifs is 1. The van der Waals surface area contributed by atoms with Crippen LogP contribution in [0, 0.1) is 11.8 Å². The Labute approximate surface area is 123 Å². The van der Waals surface area contributed by atoms with Crippen molar-refractivity contribution in [1.82, 2.24) is 10.3 Å². The van der Waals surface area contributed by atoms with Gasteiger partial charge < -0.3 is 19.5 Å². The standard InChI is InChI=1S/C15H20N2O4/c1-19-8-12-14(11-4-6-20-15(11)12)17-13(18)9-21-10-3-2-5-16-7-10/h2-3,5,7,11-12,14-15H,4,6,8-9H2,1H3,(H,17,18)/t11-,12-,14-,15-/m0/s1. The van der Waals surface area contributed by atoms with Gasteiger partial charge in [0.1, 0.15) is 5.75 Å². The highest BCUT2D eigenvalue weighted by molar-refractivity contribution is 5.78. The second-order valence-corrected chi connectivity index (χ2v) is 5.48. The van der Waals surface area contributed by atoms with Crippen LogP contribution in [0.15, 0.2) is 24.5 Å². The largest absolute Gasteiger partial charge is 0.482 e. The second-order valence-electron chi connectivity index (χ2n) is 5.48. The van der Waals surface area contributed by atoms with Crippen molar-refractivity contribution < 1.29 is 19.0 Å². The predicted molar refractivity (Wildman–Crippen MR) is 74.9 cm³/mol. The lowest BCUT2D eigenvalue weighted by Crippen LogP contribution is -2.63. The molecule has 2 heterocycles. The second kappa shape index (κ2) is 6.41. The molecule has 114 valence electrons. The lowest BCUT2D eigenvalue weighted by molar-refractivity contribution is -0.131. The molecule has 3 rings (SSSR count). The average Bonchev–Trinajstić information content (AvgIpc) is 2.94. The Morgan fingerprint density at radius 2 is 2.48 bits per heavy atom. The molecule has 0 spiro atoms. The molecule has 6 heteroatoms. The first-order valence-electron chi connectivity index (χ1n) is 7.22. The zero-order chi connectivity index (χ0) is 14.7. The number of rotatable bonds is 6. The van der Waals surface area contributed by atoms with Crippen molar-refractivity contribution in [3.63, 3.8) is 0 Å². The Bertz CT molecular complexity index is 482. The Hall–Kier alpha value is -1.66. The van der Waals surface area contributed by atoms with Gasteiger partial charge >= 0.3 is 0 Å². The third-order valence-corrected chi connectivity index (χ3v) is 4.22. The number of nitrogens with zero attached hydrogens (tertiary/aromatic N) is 1. The van der Waals surface area contributed by atoms with Crippen molar-refractivity contribution >= 4 is 5.91 Å². The fourth-order valence-electron chi connectivity index (χ4n) is 3.24. The molecule has 1 aromatic heterocycles. The fraction of sp³-hybridized carbons (Fsp3) is 0.600. The molecule has 0 radical (unpaired) electrons. The average molecular weight is 292 g/mol. The quantitative estimate of drug-likeness (QED) is 0.832. The summed E-state index contributed by atoms with van der Waals surface area (Å²) in [5.74, 6) is 1.13. The minimum Gasteiger partial charge on any atom is -0.482 e. The Balaban J connectivity index is 1.50. The topological polar surface area (TPSA) is 69.7 Å². The van der Waals surface area contributed by atoms with Gasteiger partial charge in [-0.05, 0) is 18.6 Å². The third kappa shape index (κ3) is 3.01. The van der Waals surface area contributed by atoms with E-state index in [0.717, 1.165) is 13.0 Å². The van der Waals surface area contributed by atoms with E-state index in [1.165, 1.54) is 0 Å². The molecule has 4 atom stereocenters. The van der Waals surface area contributed by atoms with E-state index in [9.17, 15) is 4.79 Å². The molecule has 2 aliphatic rings. The van der Waals surface area contributed by atoms with Gasteiger partial charge in [0.05, 0.1) is 18.9 Å². The number of amides is 1. The molecule has 1 aliphatic carbocycles. The first-order chi connectivity index (χ1) is 10.3. The molecule has 1 saturated heterocycles. The summed E-state index contributed by atoms with van der Waals surface area (Å²) < 4.78 is 16.3. The van der Waals surface area contributed by atoms with Crippen LogP contribution >= 0.6 is 0 Å². The zero-order valence-electron chi connectivity index (χ0n) is 12.0. The van der Waals surface area contributed by atoms with Crippen molar-refractivity contribution in [1.29, 1.82) is 0 Å². The summed E-state index contributed by atoms with van der Waals surface area (Å²) in [5.41, 5.74) is 0. The first kappa shape index (κ1) is 14.3. The normalized spacial score (nSPS) is 30.3. The highest BCUT2D eigenvalue weighted by Crippen LogP contribution is 2.43. The van der Waals surface area contributed by atoms with Crippen LogP contribution < -0.4 is 10.1 Å². The molecule has 21 heavy (non-hydrogen) atoms. The van der Waals surface area contributed by atoms with Crippen molar-refractivity contribution in [2.75, 3.05) is 26.9 Å². The van der Waals surface area contributed by atoms with Crippen LogP contribution in [-0.2, 0) is 14.3 Å². The van der Waals surface area contributed by atoms with Gasteiger partial charge in [0.15, 0.2) is 6.61 Å². The highest BCUT2D eigenvalue weighted by atomic mass is 16.5. The van der Waals surface area contributed by atoms with E-state index in [2.05, 4.69) is 10.3 Å². The van der Waals surface area contributed by atoms with Crippen LogP contribution in [0.5, 0.6) is 5.75 Å². The third-order valence-electron chi connectivity index (χ3n) is 4.22. The van der Waals surface area contributed by atoms with Gasteiger partial charge in [-0.2, -0.15) is 0 Å². The molecule has 6 nitrogen and oxygen atoms in total. The van der Waals surface area contributed by atoms with Gasteiger partial charge in [-0.1, -0.05) is 0 Å². The number of pyridine rings is 1. The summed E-state index contributed by atoms with van der Waals surface area (Å²) in [7, 11) is 1.67. The van der Waals surface area contributed by atoms with Gasteiger partial charge in [-0.25, -0.2) is 0 Å². The lowest BCUT2D eigenvalue weighted by Gasteiger charge is -2.47. The predicted octanol–water partition coefficient (Wildman–Crippen LogP) is 0.626. The van der Waals surface area contributed by atoms with Gasteiger partial charge in [0, 0.05) is 37.8 Å².